The zero-order valence-corrected chi connectivity index (χ0v) is 17.6. The Kier molecular flexibility index (Phi) is 4.50. The number of amides is 1. The number of likely N-dealkylation sites (tertiary alicyclic amines) is 1. The van der Waals surface area contributed by atoms with E-state index in [0.29, 0.717) is 17.2 Å². The lowest BCUT2D eigenvalue weighted by atomic mass is 10.1. The van der Waals surface area contributed by atoms with Crippen LogP contribution in [0.15, 0.2) is 30.6 Å². The molecule has 1 aliphatic heterocycles. The van der Waals surface area contributed by atoms with E-state index >= 15 is 0 Å². The van der Waals surface area contributed by atoms with Crippen LogP contribution in [0, 0.1) is 5.92 Å². The fourth-order valence-corrected chi connectivity index (χ4v) is 5.21. The number of fused-ring (bicyclic) bond motifs is 3. The number of carbonyl (C=O) groups excluding carboxylic acids is 1. The number of aryl methyl sites for hydroxylation is 2. The SMILES string of the molecule is CCc1ccncc1-c1nc2cc(C(=O)N3C[C@H]4CC[C@@H]3[C@@H]4N)cc(OC)c2n1C. The van der Waals surface area contributed by atoms with Gasteiger partial charge in [-0.05, 0) is 48.9 Å². The second kappa shape index (κ2) is 7.09. The van der Waals surface area contributed by atoms with Crippen LogP contribution in [0.25, 0.3) is 22.4 Å². The van der Waals surface area contributed by atoms with Gasteiger partial charge in [0.05, 0.1) is 12.6 Å². The number of hydrogen-bond donors (Lipinski definition) is 1. The van der Waals surface area contributed by atoms with E-state index in [9.17, 15) is 4.79 Å². The van der Waals surface area contributed by atoms with Crippen molar-refractivity contribution in [2.75, 3.05) is 13.7 Å². The monoisotopic (exact) mass is 405 g/mol. The Labute approximate surface area is 175 Å². The minimum Gasteiger partial charge on any atom is -0.494 e. The van der Waals surface area contributed by atoms with E-state index in [1.54, 1.807) is 13.3 Å². The summed E-state index contributed by atoms with van der Waals surface area (Å²) in [5.41, 5.74) is 10.7. The Morgan fingerprint density at radius 1 is 1.33 bits per heavy atom. The summed E-state index contributed by atoms with van der Waals surface area (Å²) >= 11 is 0. The Balaban J connectivity index is 1.60. The first-order chi connectivity index (χ1) is 14.5. The van der Waals surface area contributed by atoms with Crippen LogP contribution in [0.4, 0.5) is 0 Å². The van der Waals surface area contributed by atoms with E-state index < -0.39 is 0 Å². The van der Waals surface area contributed by atoms with Crippen molar-refractivity contribution >= 4 is 16.9 Å². The van der Waals surface area contributed by atoms with Crippen molar-refractivity contribution in [2.24, 2.45) is 18.7 Å². The van der Waals surface area contributed by atoms with Gasteiger partial charge in [-0.15, -0.1) is 0 Å². The maximum atomic E-state index is 13.3. The molecule has 156 valence electrons. The van der Waals surface area contributed by atoms with Gasteiger partial charge in [0.15, 0.2) is 0 Å². The van der Waals surface area contributed by atoms with Crippen LogP contribution in [0.3, 0.4) is 0 Å². The molecule has 0 spiro atoms. The third-order valence-electron chi connectivity index (χ3n) is 6.85. The van der Waals surface area contributed by atoms with Gasteiger partial charge in [0.2, 0.25) is 0 Å². The molecule has 0 radical (unpaired) electrons. The number of methoxy groups -OCH3 is 1. The quantitative estimate of drug-likeness (QED) is 0.721. The molecule has 7 heteroatoms. The molecule has 2 aliphatic rings. The molecule has 2 fully saturated rings. The predicted octanol–water partition coefficient (Wildman–Crippen LogP) is 2.77. The van der Waals surface area contributed by atoms with E-state index in [2.05, 4.69) is 11.9 Å². The van der Waals surface area contributed by atoms with Gasteiger partial charge in [-0.1, -0.05) is 6.92 Å². The molecule has 2 aromatic heterocycles. The van der Waals surface area contributed by atoms with Crippen LogP contribution in [0.2, 0.25) is 0 Å². The molecule has 1 saturated heterocycles. The summed E-state index contributed by atoms with van der Waals surface area (Å²) in [4.78, 5) is 24.4. The first-order valence-electron chi connectivity index (χ1n) is 10.6. The van der Waals surface area contributed by atoms with Crippen molar-refractivity contribution < 1.29 is 9.53 Å². The average molecular weight is 406 g/mol. The van der Waals surface area contributed by atoms with Gasteiger partial charge in [-0.25, -0.2) is 4.98 Å². The van der Waals surface area contributed by atoms with Gasteiger partial charge in [-0.2, -0.15) is 0 Å². The molecule has 2 N–H and O–H groups in total. The van der Waals surface area contributed by atoms with E-state index in [1.807, 2.05) is 40.9 Å². The first kappa shape index (κ1) is 19.1. The Morgan fingerprint density at radius 3 is 2.83 bits per heavy atom. The summed E-state index contributed by atoms with van der Waals surface area (Å²) in [6, 6.07) is 5.97. The standard InChI is InChI=1S/C23H27N5O2/c1-4-13-7-8-25-11-16(13)22-26-17-9-15(10-19(30-3)21(17)27(22)2)23(29)28-12-14-5-6-18(28)20(14)24/h7-11,14,18,20H,4-6,12,24H2,1-3H3/t14-,18-,20-/m1/s1. The zero-order chi connectivity index (χ0) is 21.0. The molecule has 1 aliphatic carbocycles. The van der Waals surface area contributed by atoms with Gasteiger partial charge >= 0.3 is 0 Å². The topological polar surface area (TPSA) is 86.3 Å². The molecule has 7 nitrogen and oxygen atoms in total. The number of carbonyl (C=O) groups is 1. The summed E-state index contributed by atoms with van der Waals surface area (Å²) < 4.78 is 7.70. The van der Waals surface area contributed by atoms with Gasteiger partial charge in [-0.3, -0.25) is 9.78 Å². The fraction of sp³-hybridized carbons (Fsp3) is 0.435. The molecule has 3 heterocycles. The lowest BCUT2D eigenvalue weighted by molar-refractivity contribution is 0.0700. The summed E-state index contributed by atoms with van der Waals surface area (Å²) in [6.07, 6.45) is 6.65. The second-order valence-corrected chi connectivity index (χ2v) is 8.37. The van der Waals surface area contributed by atoms with E-state index in [-0.39, 0.29) is 18.0 Å². The van der Waals surface area contributed by atoms with Crippen molar-refractivity contribution in [3.63, 3.8) is 0 Å². The van der Waals surface area contributed by atoms with Gasteiger partial charge < -0.3 is 19.9 Å². The number of nitrogens with two attached hydrogens (primary N) is 1. The number of nitrogens with zero attached hydrogens (tertiary/aromatic N) is 4. The average Bonchev–Trinajstić information content (AvgIpc) is 3.42. The summed E-state index contributed by atoms with van der Waals surface area (Å²) in [6.45, 7) is 2.86. The number of piperidine rings is 1. The molecule has 3 aromatic rings. The van der Waals surface area contributed by atoms with Crippen LogP contribution < -0.4 is 10.5 Å². The number of ether oxygens (including phenoxy) is 1. The van der Waals surface area contributed by atoms with E-state index in [1.165, 1.54) is 5.56 Å². The number of aromatic nitrogens is 3. The number of benzene rings is 1. The van der Waals surface area contributed by atoms with Crippen LogP contribution in [0.5, 0.6) is 5.75 Å². The van der Waals surface area contributed by atoms with Crippen LogP contribution >= 0.6 is 0 Å². The molecule has 1 saturated carbocycles. The molecule has 5 rings (SSSR count). The molecule has 3 atom stereocenters. The summed E-state index contributed by atoms with van der Waals surface area (Å²) in [5.74, 6) is 1.90. The van der Waals surface area contributed by atoms with Crippen molar-refractivity contribution in [1.82, 2.24) is 19.4 Å². The van der Waals surface area contributed by atoms with Crippen LogP contribution in [0.1, 0.15) is 35.7 Å². The van der Waals surface area contributed by atoms with Crippen molar-refractivity contribution in [3.8, 4) is 17.1 Å². The highest BCUT2D eigenvalue weighted by Gasteiger charge is 2.46. The Hall–Kier alpha value is -2.93. The first-order valence-corrected chi connectivity index (χ1v) is 10.6. The Bertz CT molecular complexity index is 1140. The molecular weight excluding hydrogens is 378 g/mol. The van der Waals surface area contributed by atoms with E-state index in [4.69, 9.17) is 15.5 Å². The second-order valence-electron chi connectivity index (χ2n) is 8.37. The van der Waals surface area contributed by atoms with E-state index in [0.717, 1.165) is 48.2 Å². The maximum Gasteiger partial charge on any atom is 0.254 e. The van der Waals surface area contributed by atoms with Crippen molar-refractivity contribution in [3.05, 3.63) is 41.7 Å². The van der Waals surface area contributed by atoms with Crippen LogP contribution in [-0.4, -0.2) is 51.1 Å². The lowest BCUT2D eigenvalue weighted by Crippen LogP contribution is -2.41. The minimum absolute atomic E-state index is 0.0145. The number of pyridine rings is 1. The fourth-order valence-electron chi connectivity index (χ4n) is 5.21. The molecular formula is C23H27N5O2. The summed E-state index contributed by atoms with van der Waals surface area (Å²) in [7, 11) is 3.60. The normalized spacial score (nSPS) is 22.8. The summed E-state index contributed by atoms with van der Waals surface area (Å²) in [5, 5.41) is 0. The predicted molar refractivity (Wildman–Crippen MR) is 115 cm³/mol. The minimum atomic E-state index is 0.0145. The third-order valence-corrected chi connectivity index (χ3v) is 6.85. The number of imidazole rings is 1. The van der Waals surface area contributed by atoms with Gasteiger partial charge in [0.25, 0.3) is 5.91 Å². The number of rotatable bonds is 4. The number of hydrogen-bond acceptors (Lipinski definition) is 5. The lowest BCUT2D eigenvalue weighted by Gasteiger charge is -2.27. The Morgan fingerprint density at radius 2 is 2.17 bits per heavy atom. The van der Waals surface area contributed by atoms with Crippen molar-refractivity contribution in [1.29, 1.82) is 0 Å². The highest BCUT2D eigenvalue weighted by molar-refractivity contribution is 6.00. The third kappa shape index (κ3) is 2.72. The molecule has 0 unspecified atom stereocenters. The largest absolute Gasteiger partial charge is 0.494 e. The molecule has 1 aromatic carbocycles. The highest BCUT2D eigenvalue weighted by atomic mass is 16.5. The van der Waals surface area contributed by atoms with Gasteiger partial charge in [0, 0.05) is 49.2 Å². The maximum absolute atomic E-state index is 13.3. The molecule has 30 heavy (non-hydrogen) atoms. The highest BCUT2D eigenvalue weighted by Crippen LogP contribution is 2.38. The van der Waals surface area contributed by atoms with Crippen LogP contribution in [-0.2, 0) is 13.5 Å². The van der Waals surface area contributed by atoms with Crippen molar-refractivity contribution in [2.45, 2.75) is 38.3 Å². The van der Waals surface area contributed by atoms with Gasteiger partial charge in [0.1, 0.15) is 17.1 Å². The molecule has 2 bridgehead atoms. The zero-order valence-electron chi connectivity index (χ0n) is 17.6. The molecule has 1 amide bonds. The smallest absolute Gasteiger partial charge is 0.254 e.